The first-order chi connectivity index (χ1) is 8.31. The quantitative estimate of drug-likeness (QED) is 0.798. The lowest BCUT2D eigenvalue weighted by Crippen LogP contribution is -2.31. The van der Waals surface area contributed by atoms with Crippen LogP contribution in [0.4, 0.5) is 0 Å². The van der Waals surface area contributed by atoms with Gasteiger partial charge in [-0.1, -0.05) is 29.8 Å². The monoisotopic (exact) mass is 269 g/mol. The molecule has 0 heterocycles. The largest absolute Gasteiger partial charge is 0.389 e. The van der Waals surface area contributed by atoms with Crippen molar-refractivity contribution in [2.45, 2.75) is 37.8 Å². The van der Waals surface area contributed by atoms with Crippen molar-refractivity contribution in [3.63, 3.8) is 0 Å². The van der Waals surface area contributed by atoms with Gasteiger partial charge in [-0.15, -0.1) is 0 Å². The molecule has 18 heavy (non-hydrogen) atoms. The molecule has 2 atom stereocenters. The summed E-state index contributed by atoms with van der Waals surface area (Å²) in [6.45, 7) is 5.22. The van der Waals surface area contributed by atoms with Gasteiger partial charge in [-0.2, -0.15) is 0 Å². The van der Waals surface area contributed by atoms with Gasteiger partial charge in [0.1, 0.15) is 0 Å². The van der Waals surface area contributed by atoms with Gasteiger partial charge >= 0.3 is 0 Å². The molecule has 0 aliphatic rings. The molecule has 1 aromatic rings. The Morgan fingerprint density at radius 1 is 1.17 bits per heavy atom. The molecule has 2 N–H and O–H groups in total. The predicted molar refractivity (Wildman–Crippen MR) is 71.8 cm³/mol. The molecule has 4 nitrogen and oxygen atoms in total. The van der Waals surface area contributed by atoms with E-state index in [1.165, 1.54) is 0 Å². The molecule has 0 spiro atoms. The summed E-state index contributed by atoms with van der Waals surface area (Å²) in [6, 6.07) is 6.28. The molecule has 1 rings (SSSR count). The molecule has 100 valence electrons. The van der Waals surface area contributed by atoms with E-state index in [0.29, 0.717) is 0 Å². The molecule has 0 saturated heterocycles. The number of sulfonamides is 1. The van der Waals surface area contributed by atoms with Gasteiger partial charge < -0.3 is 5.11 Å². The van der Waals surface area contributed by atoms with Gasteiger partial charge in [-0.3, -0.25) is 0 Å². The van der Waals surface area contributed by atoms with Crippen LogP contribution in [0.25, 0.3) is 0 Å². The first-order valence-electron chi connectivity index (χ1n) is 5.76. The molecular formula is C13H19NO3S. The van der Waals surface area contributed by atoms with Crippen molar-refractivity contribution < 1.29 is 13.5 Å². The van der Waals surface area contributed by atoms with Crippen LogP contribution in [0.15, 0.2) is 41.3 Å². The highest BCUT2D eigenvalue weighted by molar-refractivity contribution is 7.89. The smallest absolute Gasteiger partial charge is 0.241 e. The molecule has 0 aromatic heterocycles. The molecule has 0 radical (unpaired) electrons. The third-order valence-corrected chi connectivity index (χ3v) is 3.93. The van der Waals surface area contributed by atoms with E-state index in [2.05, 4.69) is 4.72 Å². The van der Waals surface area contributed by atoms with Crippen molar-refractivity contribution in [2.24, 2.45) is 0 Å². The normalized spacial score (nSPS) is 15.8. The lowest BCUT2D eigenvalue weighted by Gasteiger charge is -2.11. The summed E-state index contributed by atoms with van der Waals surface area (Å²) in [5.74, 6) is 0. The summed E-state index contributed by atoms with van der Waals surface area (Å²) in [5.41, 5.74) is 1.01. The second kappa shape index (κ2) is 6.13. The molecule has 0 amide bonds. The number of aryl methyl sites for hydroxylation is 1. The zero-order valence-electron chi connectivity index (χ0n) is 10.8. The van der Waals surface area contributed by atoms with E-state index in [1.54, 1.807) is 50.3 Å². The third kappa shape index (κ3) is 4.60. The molecule has 0 aliphatic heterocycles. The van der Waals surface area contributed by atoms with E-state index in [9.17, 15) is 8.42 Å². The summed E-state index contributed by atoms with van der Waals surface area (Å²) < 4.78 is 26.5. The van der Waals surface area contributed by atoms with Crippen LogP contribution in [0.1, 0.15) is 19.4 Å². The molecule has 0 bridgehead atoms. The average molecular weight is 269 g/mol. The highest BCUT2D eigenvalue weighted by atomic mass is 32.2. The van der Waals surface area contributed by atoms with Crippen molar-refractivity contribution in [3.8, 4) is 0 Å². The lowest BCUT2D eigenvalue weighted by molar-refractivity contribution is 0.243. The van der Waals surface area contributed by atoms with Gasteiger partial charge in [0.15, 0.2) is 0 Å². The predicted octanol–water partition coefficient (Wildman–Crippen LogP) is 1.60. The number of hydrogen-bond acceptors (Lipinski definition) is 3. The fourth-order valence-electron chi connectivity index (χ4n) is 1.40. The van der Waals surface area contributed by atoms with E-state index in [4.69, 9.17) is 5.11 Å². The molecule has 0 fully saturated rings. The van der Waals surface area contributed by atoms with Crippen molar-refractivity contribution in [1.82, 2.24) is 4.72 Å². The van der Waals surface area contributed by atoms with Gasteiger partial charge in [0, 0.05) is 6.04 Å². The number of rotatable bonds is 5. The highest BCUT2D eigenvalue weighted by Gasteiger charge is 2.15. The number of nitrogens with one attached hydrogen (secondary N) is 1. The van der Waals surface area contributed by atoms with Crippen LogP contribution in [0.3, 0.4) is 0 Å². The Labute approximate surface area is 108 Å². The highest BCUT2D eigenvalue weighted by Crippen LogP contribution is 2.10. The van der Waals surface area contributed by atoms with Crippen molar-refractivity contribution >= 4 is 10.0 Å². The van der Waals surface area contributed by atoms with E-state index < -0.39 is 16.1 Å². The van der Waals surface area contributed by atoms with E-state index in [-0.39, 0.29) is 10.9 Å². The minimum atomic E-state index is -3.51. The Balaban J connectivity index is 2.79. The Kier molecular flexibility index (Phi) is 5.07. The second-order valence-corrected chi connectivity index (χ2v) is 6.06. The summed E-state index contributed by atoms with van der Waals surface area (Å²) in [6.07, 6.45) is 2.58. The molecule has 0 unspecified atom stereocenters. The molecule has 5 heteroatoms. The van der Waals surface area contributed by atoms with Gasteiger partial charge in [-0.25, -0.2) is 13.1 Å². The van der Waals surface area contributed by atoms with Crippen molar-refractivity contribution in [3.05, 3.63) is 42.0 Å². The summed E-state index contributed by atoms with van der Waals surface area (Å²) in [7, 11) is -3.51. The van der Waals surface area contributed by atoms with E-state index >= 15 is 0 Å². The van der Waals surface area contributed by atoms with Crippen molar-refractivity contribution in [1.29, 1.82) is 0 Å². The fourth-order valence-corrected chi connectivity index (χ4v) is 2.60. The van der Waals surface area contributed by atoms with Gasteiger partial charge in [0.2, 0.25) is 10.0 Å². The third-order valence-electron chi connectivity index (χ3n) is 2.35. The maximum Gasteiger partial charge on any atom is 0.241 e. The maximum atomic E-state index is 12.0. The first kappa shape index (κ1) is 14.9. The lowest BCUT2D eigenvalue weighted by atomic mass is 10.2. The zero-order valence-corrected chi connectivity index (χ0v) is 11.6. The second-order valence-electron chi connectivity index (χ2n) is 4.35. The minimum Gasteiger partial charge on any atom is -0.389 e. The molecular weight excluding hydrogens is 250 g/mol. The van der Waals surface area contributed by atoms with Gasteiger partial charge in [-0.05, 0) is 32.9 Å². The number of aliphatic hydroxyl groups excluding tert-OH is 1. The number of hydrogen-bond donors (Lipinski definition) is 2. The van der Waals surface area contributed by atoms with Crippen LogP contribution < -0.4 is 4.72 Å². The zero-order chi connectivity index (χ0) is 13.8. The molecule has 1 aromatic carbocycles. The van der Waals surface area contributed by atoms with Gasteiger partial charge in [0.25, 0.3) is 0 Å². The maximum absolute atomic E-state index is 12.0. The Morgan fingerprint density at radius 2 is 1.72 bits per heavy atom. The average Bonchev–Trinajstić information content (AvgIpc) is 2.26. The van der Waals surface area contributed by atoms with Gasteiger partial charge in [0.05, 0.1) is 11.0 Å². The van der Waals surface area contributed by atoms with E-state index in [1.807, 2.05) is 6.92 Å². The Morgan fingerprint density at radius 3 is 2.22 bits per heavy atom. The number of aliphatic hydroxyl groups is 1. The van der Waals surface area contributed by atoms with Crippen LogP contribution in [0.5, 0.6) is 0 Å². The van der Waals surface area contributed by atoms with Crippen LogP contribution in [0.2, 0.25) is 0 Å². The Hall–Kier alpha value is -1.17. The molecule has 0 aliphatic carbocycles. The van der Waals surface area contributed by atoms with Crippen LogP contribution >= 0.6 is 0 Å². The SMILES string of the molecule is Cc1ccc(S(=O)(=O)N[C@H](C)/C=C/[C@H](C)O)cc1. The number of benzene rings is 1. The standard InChI is InChI=1S/C13H19NO3S/c1-10-4-8-13(9-5-10)18(16,17)14-11(2)6-7-12(3)15/h4-9,11-12,14-15H,1-3H3/b7-6+/t11-,12+/m1/s1. The first-order valence-corrected chi connectivity index (χ1v) is 7.25. The Bertz CT molecular complexity index is 504. The summed E-state index contributed by atoms with van der Waals surface area (Å²) in [5, 5.41) is 9.08. The van der Waals surface area contributed by atoms with E-state index in [0.717, 1.165) is 5.56 Å². The van der Waals surface area contributed by atoms with Crippen LogP contribution in [-0.2, 0) is 10.0 Å². The molecule has 0 saturated carbocycles. The topological polar surface area (TPSA) is 66.4 Å². The minimum absolute atomic E-state index is 0.241. The fraction of sp³-hybridized carbons (Fsp3) is 0.385. The van der Waals surface area contributed by atoms with Crippen molar-refractivity contribution in [2.75, 3.05) is 0 Å². The summed E-state index contributed by atoms with van der Waals surface area (Å²) >= 11 is 0. The van der Waals surface area contributed by atoms with Crippen LogP contribution in [-0.4, -0.2) is 25.7 Å². The summed E-state index contributed by atoms with van der Waals surface area (Å²) in [4.78, 5) is 0.241. The van der Waals surface area contributed by atoms with Crippen LogP contribution in [0, 0.1) is 6.92 Å².